The highest BCUT2D eigenvalue weighted by atomic mass is 16.6. The van der Waals surface area contributed by atoms with E-state index in [-0.39, 0.29) is 18.9 Å². The Morgan fingerprint density at radius 2 is 1.76 bits per heavy atom. The smallest absolute Gasteiger partial charge is 0.338 e. The van der Waals surface area contributed by atoms with Crippen molar-refractivity contribution in [3.8, 4) is 0 Å². The molecule has 0 saturated carbocycles. The number of nitrogens with zero attached hydrogens (tertiary/aromatic N) is 1. The maximum atomic E-state index is 13.2. The van der Waals surface area contributed by atoms with E-state index in [0.717, 1.165) is 27.9 Å². The topological polar surface area (TPSA) is 107 Å². The summed E-state index contributed by atoms with van der Waals surface area (Å²) in [5.41, 5.74) is 8.20. The number of carbonyl (C=O) groups excluding carboxylic acids is 2. The van der Waals surface area contributed by atoms with Gasteiger partial charge in [-0.15, -0.1) is 0 Å². The fraction of sp³-hybridized carbons (Fsp3) is 0.370. The monoisotopic (exact) mass is 463 g/mol. The molecule has 0 aliphatic carbocycles. The molecule has 1 aromatic heterocycles. The Labute approximate surface area is 200 Å². The molecule has 0 radical (unpaired) electrons. The number of nitrogens with two attached hydrogens (primary N) is 1. The van der Waals surface area contributed by atoms with Gasteiger partial charge in [-0.25, -0.2) is 14.6 Å². The zero-order valence-electron chi connectivity index (χ0n) is 20.4. The predicted octanol–water partition coefficient (Wildman–Crippen LogP) is 4.20. The zero-order valence-corrected chi connectivity index (χ0v) is 20.4. The molecule has 0 aliphatic rings. The van der Waals surface area contributed by atoms with E-state index in [4.69, 9.17) is 15.2 Å². The normalized spacial score (nSPS) is 14.2. The van der Waals surface area contributed by atoms with Crippen LogP contribution < -0.4 is 5.73 Å². The SMILES string of the molecule is Cc1c(COC(=O)C(N)(Cc2ccccc2)C(=O)OC(C)(C)C)cccc1[C@H](C)c1c[nH]cn1. The lowest BCUT2D eigenvalue weighted by Gasteiger charge is -2.30. The average molecular weight is 464 g/mol. The average Bonchev–Trinajstić information content (AvgIpc) is 3.32. The first-order valence-electron chi connectivity index (χ1n) is 11.3. The summed E-state index contributed by atoms with van der Waals surface area (Å²) >= 11 is 0. The van der Waals surface area contributed by atoms with Gasteiger partial charge >= 0.3 is 11.9 Å². The van der Waals surface area contributed by atoms with Gasteiger partial charge in [0, 0.05) is 18.5 Å². The summed E-state index contributed by atoms with van der Waals surface area (Å²) in [7, 11) is 0. The van der Waals surface area contributed by atoms with Gasteiger partial charge < -0.3 is 20.2 Å². The molecule has 3 rings (SSSR count). The Balaban J connectivity index is 1.82. The van der Waals surface area contributed by atoms with Gasteiger partial charge in [0.2, 0.25) is 5.54 Å². The van der Waals surface area contributed by atoms with Crippen molar-refractivity contribution in [2.75, 3.05) is 0 Å². The third kappa shape index (κ3) is 5.91. The molecule has 0 bridgehead atoms. The Morgan fingerprint density at radius 3 is 2.38 bits per heavy atom. The number of ether oxygens (including phenoxy) is 2. The molecular weight excluding hydrogens is 430 g/mol. The van der Waals surface area contributed by atoms with Crippen molar-refractivity contribution in [3.05, 3.63) is 89.0 Å². The van der Waals surface area contributed by atoms with Gasteiger partial charge in [-0.1, -0.05) is 55.5 Å². The van der Waals surface area contributed by atoms with Crippen LogP contribution in [0.4, 0.5) is 0 Å². The minimum absolute atomic E-state index is 0.0116. The molecule has 34 heavy (non-hydrogen) atoms. The zero-order chi connectivity index (χ0) is 24.9. The fourth-order valence-electron chi connectivity index (χ4n) is 3.78. The lowest BCUT2D eigenvalue weighted by Crippen LogP contribution is -2.59. The van der Waals surface area contributed by atoms with E-state index in [1.54, 1.807) is 27.1 Å². The summed E-state index contributed by atoms with van der Waals surface area (Å²) < 4.78 is 11.1. The summed E-state index contributed by atoms with van der Waals surface area (Å²) in [6.45, 7) is 9.23. The summed E-state index contributed by atoms with van der Waals surface area (Å²) in [5.74, 6) is -1.57. The van der Waals surface area contributed by atoms with Crippen LogP contribution in [0, 0.1) is 6.92 Å². The molecule has 2 aromatic carbocycles. The largest absolute Gasteiger partial charge is 0.459 e. The second-order valence-corrected chi connectivity index (χ2v) is 9.56. The second kappa shape index (κ2) is 10.2. The number of H-pyrrole nitrogens is 1. The summed E-state index contributed by atoms with van der Waals surface area (Å²) in [5, 5.41) is 0. The summed E-state index contributed by atoms with van der Waals surface area (Å²) in [4.78, 5) is 33.6. The minimum atomic E-state index is -1.97. The van der Waals surface area contributed by atoms with Crippen LogP contribution in [-0.4, -0.2) is 33.0 Å². The summed E-state index contributed by atoms with van der Waals surface area (Å²) in [6, 6.07) is 15.0. The Morgan fingerprint density at radius 1 is 1.06 bits per heavy atom. The molecule has 2 atom stereocenters. The molecular formula is C27H33N3O4. The van der Waals surface area contributed by atoms with Crippen molar-refractivity contribution in [1.29, 1.82) is 0 Å². The van der Waals surface area contributed by atoms with E-state index < -0.39 is 23.1 Å². The van der Waals surface area contributed by atoms with Gasteiger partial charge in [0.15, 0.2) is 0 Å². The van der Waals surface area contributed by atoms with Gasteiger partial charge in [0.25, 0.3) is 0 Å². The third-order valence-electron chi connectivity index (χ3n) is 5.73. The number of hydrogen-bond acceptors (Lipinski definition) is 6. The molecule has 7 nitrogen and oxygen atoms in total. The highest BCUT2D eigenvalue weighted by molar-refractivity contribution is 6.05. The van der Waals surface area contributed by atoms with Crippen molar-refractivity contribution in [1.82, 2.24) is 9.97 Å². The van der Waals surface area contributed by atoms with E-state index in [1.807, 2.05) is 61.7 Å². The van der Waals surface area contributed by atoms with Crippen molar-refractivity contribution in [2.24, 2.45) is 5.73 Å². The number of nitrogens with one attached hydrogen (secondary N) is 1. The van der Waals surface area contributed by atoms with Crippen molar-refractivity contribution in [3.63, 3.8) is 0 Å². The number of rotatable bonds is 8. The van der Waals surface area contributed by atoms with E-state index in [9.17, 15) is 9.59 Å². The maximum absolute atomic E-state index is 13.2. The first kappa shape index (κ1) is 25.2. The van der Waals surface area contributed by atoms with E-state index in [1.165, 1.54) is 0 Å². The van der Waals surface area contributed by atoms with Gasteiger partial charge in [-0.3, -0.25) is 0 Å². The second-order valence-electron chi connectivity index (χ2n) is 9.56. The number of aromatic nitrogens is 2. The van der Waals surface area contributed by atoms with Crippen LogP contribution >= 0.6 is 0 Å². The lowest BCUT2D eigenvalue weighted by molar-refractivity contribution is -0.172. The molecule has 0 aliphatic heterocycles. The van der Waals surface area contributed by atoms with Gasteiger partial charge in [0.05, 0.1) is 12.0 Å². The van der Waals surface area contributed by atoms with Gasteiger partial charge in [-0.05, 0) is 49.9 Å². The van der Waals surface area contributed by atoms with Crippen molar-refractivity contribution in [2.45, 2.75) is 64.7 Å². The first-order valence-corrected chi connectivity index (χ1v) is 11.3. The van der Waals surface area contributed by atoms with Crippen LogP contribution in [0.5, 0.6) is 0 Å². The van der Waals surface area contributed by atoms with E-state index >= 15 is 0 Å². The van der Waals surface area contributed by atoms with E-state index in [2.05, 4.69) is 16.9 Å². The van der Waals surface area contributed by atoms with Crippen LogP contribution in [0.1, 0.15) is 61.6 Å². The standard InChI is InChI=1S/C27H33N3O4/c1-18-21(12-9-13-22(18)19(2)23-15-29-17-30-23)16-33-24(31)27(28,25(32)34-26(3,4)5)14-20-10-7-6-8-11-20/h6-13,15,17,19H,14,16,28H2,1-5H3,(H,29,30)/t19-,27?/m0/s1. The lowest BCUT2D eigenvalue weighted by atomic mass is 9.90. The van der Waals surface area contributed by atoms with Crippen LogP contribution in [0.2, 0.25) is 0 Å². The Bertz CT molecular complexity index is 1120. The Hall–Kier alpha value is -3.45. The number of benzene rings is 2. The highest BCUT2D eigenvalue weighted by Crippen LogP contribution is 2.28. The Kier molecular flexibility index (Phi) is 7.57. The summed E-state index contributed by atoms with van der Waals surface area (Å²) in [6.07, 6.45) is 3.48. The maximum Gasteiger partial charge on any atom is 0.338 e. The molecule has 3 aromatic rings. The predicted molar refractivity (Wildman–Crippen MR) is 130 cm³/mol. The molecule has 7 heteroatoms. The first-order chi connectivity index (χ1) is 16.0. The quantitative estimate of drug-likeness (QED) is 0.383. The van der Waals surface area contributed by atoms with Crippen LogP contribution in [0.3, 0.4) is 0 Å². The van der Waals surface area contributed by atoms with Crippen molar-refractivity contribution < 1.29 is 19.1 Å². The molecule has 180 valence electrons. The third-order valence-corrected chi connectivity index (χ3v) is 5.73. The number of esters is 2. The molecule has 3 N–H and O–H groups in total. The molecule has 0 spiro atoms. The molecule has 1 unspecified atom stereocenters. The number of carbonyl (C=O) groups is 2. The molecule has 0 amide bonds. The molecule has 0 fully saturated rings. The van der Waals surface area contributed by atoms with Crippen LogP contribution in [0.15, 0.2) is 61.1 Å². The van der Waals surface area contributed by atoms with Crippen LogP contribution in [0.25, 0.3) is 0 Å². The number of imidazole rings is 1. The highest BCUT2D eigenvalue weighted by Gasteiger charge is 2.47. The van der Waals surface area contributed by atoms with Crippen LogP contribution in [-0.2, 0) is 32.1 Å². The molecule has 1 heterocycles. The van der Waals surface area contributed by atoms with Gasteiger partial charge in [-0.2, -0.15) is 0 Å². The van der Waals surface area contributed by atoms with Gasteiger partial charge in [0.1, 0.15) is 12.2 Å². The fourth-order valence-corrected chi connectivity index (χ4v) is 3.78. The number of aromatic amines is 1. The number of hydrogen-bond donors (Lipinski definition) is 2. The van der Waals surface area contributed by atoms with Crippen molar-refractivity contribution >= 4 is 11.9 Å². The van der Waals surface area contributed by atoms with E-state index in [0.29, 0.717) is 0 Å². The molecule has 0 saturated heterocycles. The minimum Gasteiger partial charge on any atom is -0.459 e.